The van der Waals surface area contributed by atoms with Crippen LogP contribution in [0.2, 0.25) is 0 Å². The van der Waals surface area contributed by atoms with Gasteiger partial charge in [0, 0.05) is 13.7 Å². The van der Waals surface area contributed by atoms with E-state index in [1.807, 2.05) is 0 Å². The number of alkyl halides is 1. The Kier molecular flexibility index (Phi) is 10.7. The summed E-state index contributed by atoms with van der Waals surface area (Å²) in [5, 5.41) is 3.18. The molecule has 0 amide bonds. The highest BCUT2D eigenvalue weighted by Gasteiger charge is 1.89. The summed E-state index contributed by atoms with van der Waals surface area (Å²) in [7, 11) is 1.72. The van der Waals surface area contributed by atoms with Crippen LogP contribution in [0.3, 0.4) is 0 Å². The summed E-state index contributed by atoms with van der Waals surface area (Å²) in [5.74, 6) is 0. The number of hydrogen-bond acceptors (Lipinski definition) is 2. The molecule has 0 heterocycles. The zero-order valence-corrected chi connectivity index (χ0v) is 7.94. The lowest BCUT2D eigenvalue weighted by Crippen LogP contribution is -2.17. The third kappa shape index (κ3) is 9.85. The van der Waals surface area contributed by atoms with E-state index < -0.39 is 0 Å². The second-order valence-electron chi connectivity index (χ2n) is 2.85. The van der Waals surface area contributed by atoms with Crippen LogP contribution < -0.4 is 5.32 Å². The molecule has 0 saturated carbocycles. The van der Waals surface area contributed by atoms with Crippen molar-refractivity contribution in [2.45, 2.75) is 25.7 Å². The topological polar surface area (TPSA) is 21.3 Å². The highest BCUT2D eigenvalue weighted by atomic mass is 19.1. The molecule has 0 bridgehead atoms. The SMILES string of the molecule is COCCCCCNCCCF. The molecule has 0 aliphatic carbocycles. The van der Waals surface area contributed by atoms with Crippen molar-refractivity contribution in [2.24, 2.45) is 0 Å². The molecule has 2 nitrogen and oxygen atoms in total. The predicted molar refractivity (Wildman–Crippen MR) is 49.2 cm³/mol. The molecule has 0 aromatic rings. The highest BCUT2D eigenvalue weighted by molar-refractivity contribution is 4.48. The van der Waals surface area contributed by atoms with Crippen molar-refractivity contribution in [2.75, 3.05) is 33.5 Å². The van der Waals surface area contributed by atoms with Crippen molar-refractivity contribution in [3.8, 4) is 0 Å². The molecule has 0 aliphatic heterocycles. The van der Waals surface area contributed by atoms with Crippen LogP contribution in [-0.4, -0.2) is 33.5 Å². The van der Waals surface area contributed by atoms with Gasteiger partial charge in [-0.05, 0) is 38.8 Å². The Labute approximate surface area is 74.5 Å². The molecular weight excluding hydrogens is 157 g/mol. The molecular formula is C9H20FNO. The first-order chi connectivity index (χ1) is 5.91. The molecule has 0 fully saturated rings. The summed E-state index contributed by atoms with van der Waals surface area (Å²) >= 11 is 0. The van der Waals surface area contributed by atoms with Crippen LogP contribution in [0.1, 0.15) is 25.7 Å². The fourth-order valence-electron chi connectivity index (χ4n) is 0.990. The molecule has 0 unspecified atom stereocenters. The van der Waals surface area contributed by atoms with E-state index in [9.17, 15) is 4.39 Å². The summed E-state index contributed by atoms with van der Waals surface area (Å²) < 4.78 is 16.5. The molecule has 0 spiro atoms. The van der Waals surface area contributed by atoms with Gasteiger partial charge in [0.25, 0.3) is 0 Å². The van der Waals surface area contributed by atoms with E-state index >= 15 is 0 Å². The maximum Gasteiger partial charge on any atom is 0.0906 e. The number of halogens is 1. The molecule has 0 aliphatic rings. The molecule has 0 rings (SSSR count). The van der Waals surface area contributed by atoms with Crippen molar-refractivity contribution < 1.29 is 9.13 Å². The molecule has 0 aromatic heterocycles. The van der Waals surface area contributed by atoms with Crippen molar-refractivity contribution in [1.29, 1.82) is 0 Å². The van der Waals surface area contributed by atoms with Gasteiger partial charge in [0.2, 0.25) is 0 Å². The van der Waals surface area contributed by atoms with Crippen molar-refractivity contribution in [3.05, 3.63) is 0 Å². The van der Waals surface area contributed by atoms with E-state index in [1.54, 1.807) is 7.11 Å². The lowest BCUT2D eigenvalue weighted by atomic mass is 10.2. The minimum Gasteiger partial charge on any atom is -0.385 e. The van der Waals surface area contributed by atoms with E-state index in [4.69, 9.17) is 4.74 Å². The molecule has 0 saturated heterocycles. The van der Waals surface area contributed by atoms with Crippen LogP contribution in [-0.2, 0) is 4.74 Å². The first kappa shape index (κ1) is 11.8. The zero-order valence-electron chi connectivity index (χ0n) is 7.94. The maximum absolute atomic E-state index is 11.6. The predicted octanol–water partition coefficient (Wildman–Crippen LogP) is 1.75. The Morgan fingerprint density at radius 2 is 1.83 bits per heavy atom. The number of nitrogens with one attached hydrogen (secondary N) is 1. The first-order valence-corrected chi connectivity index (χ1v) is 4.67. The van der Waals surface area contributed by atoms with Crippen molar-refractivity contribution in [1.82, 2.24) is 5.32 Å². The second kappa shape index (κ2) is 10.8. The Hall–Kier alpha value is -0.150. The quantitative estimate of drug-likeness (QED) is 0.542. The molecule has 3 heteroatoms. The third-order valence-electron chi connectivity index (χ3n) is 1.69. The van der Waals surface area contributed by atoms with Gasteiger partial charge in [-0.2, -0.15) is 0 Å². The monoisotopic (exact) mass is 177 g/mol. The van der Waals surface area contributed by atoms with Gasteiger partial charge in [-0.1, -0.05) is 0 Å². The van der Waals surface area contributed by atoms with Crippen molar-refractivity contribution in [3.63, 3.8) is 0 Å². The number of rotatable bonds is 9. The smallest absolute Gasteiger partial charge is 0.0906 e. The number of ether oxygens (including phenoxy) is 1. The summed E-state index contributed by atoms with van der Waals surface area (Å²) in [4.78, 5) is 0. The Balaban J connectivity index is 2.73. The van der Waals surface area contributed by atoms with E-state index in [1.165, 1.54) is 6.42 Å². The van der Waals surface area contributed by atoms with Gasteiger partial charge in [0.15, 0.2) is 0 Å². The van der Waals surface area contributed by atoms with Gasteiger partial charge in [-0.15, -0.1) is 0 Å². The molecule has 0 aromatic carbocycles. The van der Waals surface area contributed by atoms with Gasteiger partial charge in [-0.3, -0.25) is 4.39 Å². The number of hydrogen-bond donors (Lipinski definition) is 1. The molecule has 1 N–H and O–H groups in total. The van der Waals surface area contributed by atoms with Crippen molar-refractivity contribution >= 4 is 0 Å². The Bertz CT molecular complexity index is 70.9. The van der Waals surface area contributed by atoms with E-state index in [0.29, 0.717) is 6.42 Å². The minimum absolute atomic E-state index is 0.212. The van der Waals surface area contributed by atoms with Crippen LogP contribution >= 0.6 is 0 Å². The lowest BCUT2D eigenvalue weighted by Gasteiger charge is -2.02. The summed E-state index contributed by atoms with van der Waals surface area (Å²) in [6.07, 6.45) is 4.12. The first-order valence-electron chi connectivity index (χ1n) is 4.67. The van der Waals surface area contributed by atoms with Crippen LogP contribution in [0, 0.1) is 0 Å². The van der Waals surface area contributed by atoms with Gasteiger partial charge >= 0.3 is 0 Å². The number of methoxy groups -OCH3 is 1. The fraction of sp³-hybridized carbons (Fsp3) is 1.00. The van der Waals surface area contributed by atoms with E-state index in [0.717, 1.165) is 32.5 Å². The van der Waals surface area contributed by atoms with Gasteiger partial charge in [0.1, 0.15) is 0 Å². The van der Waals surface area contributed by atoms with E-state index in [-0.39, 0.29) is 6.67 Å². The Morgan fingerprint density at radius 3 is 2.50 bits per heavy atom. The summed E-state index contributed by atoms with van der Waals surface area (Å²) in [6.45, 7) is 2.45. The average Bonchev–Trinajstić information content (AvgIpc) is 2.10. The average molecular weight is 177 g/mol. The standard InChI is InChI=1S/C9H20FNO/c1-12-9-4-2-3-7-11-8-5-6-10/h11H,2-9H2,1H3. The lowest BCUT2D eigenvalue weighted by molar-refractivity contribution is 0.192. The minimum atomic E-state index is -0.212. The molecule has 12 heavy (non-hydrogen) atoms. The molecule has 74 valence electrons. The summed E-state index contributed by atoms with van der Waals surface area (Å²) in [6, 6.07) is 0. The fourth-order valence-corrected chi connectivity index (χ4v) is 0.990. The molecule has 0 radical (unpaired) electrons. The summed E-state index contributed by atoms with van der Waals surface area (Å²) in [5.41, 5.74) is 0. The highest BCUT2D eigenvalue weighted by Crippen LogP contribution is 1.93. The van der Waals surface area contributed by atoms with E-state index in [2.05, 4.69) is 5.32 Å². The van der Waals surface area contributed by atoms with Gasteiger partial charge in [-0.25, -0.2) is 0 Å². The zero-order chi connectivity index (χ0) is 9.07. The van der Waals surface area contributed by atoms with Gasteiger partial charge in [0.05, 0.1) is 6.67 Å². The van der Waals surface area contributed by atoms with Crippen LogP contribution in [0.5, 0.6) is 0 Å². The second-order valence-corrected chi connectivity index (χ2v) is 2.85. The third-order valence-corrected chi connectivity index (χ3v) is 1.69. The van der Waals surface area contributed by atoms with Crippen LogP contribution in [0.25, 0.3) is 0 Å². The van der Waals surface area contributed by atoms with Crippen LogP contribution in [0.4, 0.5) is 4.39 Å². The Morgan fingerprint density at radius 1 is 1.08 bits per heavy atom. The number of unbranched alkanes of at least 4 members (excludes halogenated alkanes) is 2. The van der Waals surface area contributed by atoms with Gasteiger partial charge < -0.3 is 10.1 Å². The molecule has 0 atom stereocenters. The maximum atomic E-state index is 11.6. The largest absolute Gasteiger partial charge is 0.385 e. The normalized spacial score (nSPS) is 10.5. The van der Waals surface area contributed by atoms with Crippen LogP contribution in [0.15, 0.2) is 0 Å².